The third kappa shape index (κ3) is 11.6. The molecule has 49 heavy (non-hydrogen) atoms. The molecular weight excluding hydrogens is 685 g/mol. The van der Waals surface area contributed by atoms with E-state index in [4.69, 9.17) is 0 Å². The van der Waals surface area contributed by atoms with Crippen molar-refractivity contribution in [3.63, 3.8) is 0 Å². The first-order valence-electron chi connectivity index (χ1n) is 16.8. The fourth-order valence-electron chi connectivity index (χ4n) is 5.54. The topological polar surface area (TPSA) is 151 Å². The molecule has 12 nitrogen and oxygen atoms in total. The fraction of sp³-hybridized carbons (Fsp3) is 0.559. The van der Waals surface area contributed by atoms with Gasteiger partial charge < -0.3 is 0 Å². The Morgan fingerprint density at radius 3 is 0.959 bits per heavy atom. The normalized spacial score (nSPS) is 16.5. The highest BCUT2D eigenvalue weighted by molar-refractivity contribution is 7.89. The van der Waals surface area contributed by atoms with Crippen LogP contribution >= 0.6 is 0 Å². The summed E-state index contributed by atoms with van der Waals surface area (Å²) >= 11 is 0. The van der Waals surface area contributed by atoms with Crippen LogP contribution in [0.1, 0.15) is 87.3 Å². The second-order valence-electron chi connectivity index (χ2n) is 13.7. The summed E-state index contributed by atoms with van der Waals surface area (Å²) in [5.74, 6) is 0.227. The monoisotopic (exact) mass is 734 g/mol. The van der Waals surface area contributed by atoms with Crippen LogP contribution in [0.4, 0.5) is 0 Å². The number of fused-ring (bicyclic) bond motifs is 6. The summed E-state index contributed by atoms with van der Waals surface area (Å²) in [6, 6.07) is 5.42. The number of nitrogens with zero attached hydrogens (tertiary/aromatic N) is 6. The SMILES string of the molecule is CCCS(=O)(=O)N1Cc2cncc(c2)CN(S(=O)(=O)CCC(C)C)Cc2cncc(c2)CN(S(=O)(=O)CCC(C)C)Cc2cncc(c2)C1. The van der Waals surface area contributed by atoms with E-state index in [0.717, 1.165) is 0 Å². The second kappa shape index (κ2) is 16.9. The number of rotatable bonds is 11. The zero-order valence-corrected chi connectivity index (χ0v) is 31.6. The lowest BCUT2D eigenvalue weighted by atomic mass is 10.1. The molecule has 3 aromatic rings. The molecular formula is C34H50N6O6S3. The third-order valence-electron chi connectivity index (χ3n) is 8.26. The largest absolute Gasteiger partial charge is 0.264 e. The van der Waals surface area contributed by atoms with Gasteiger partial charge in [-0.05, 0) is 64.5 Å². The molecule has 15 heteroatoms. The van der Waals surface area contributed by atoms with Gasteiger partial charge in [0.25, 0.3) is 0 Å². The number of pyridine rings is 3. The van der Waals surface area contributed by atoms with Gasteiger partial charge in [0.1, 0.15) is 0 Å². The molecule has 0 amide bonds. The Hall–Kier alpha value is -2.82. The Balaban J connectivity index is 1.84. The van der Waals surface area contributed by atoms with E-state index in [1.54, 1.807) is 56.2 Å². The van der Waals surface area contributed by atoms with Crippen molar-refractivity contribution in [2.75, 3.05) is 17.3 Å². The van der Waals surface area contributed by atoms with E-state index >= 15 is 0 Å². The Bertz CT molecular complexity index is 1770. The van der Waals surface area contributed by atoms with E-state index < -0.39 is 30.1 Å². The second-order valence-corrected chi connectivity index (χ2v) is 20.0. The van der Waals surface area contributed by atoms with E-state index in [2.05, 4.69) is 15.0 Å². The number of hydrogen-bond donors (Lipinski definition) is 0. The summed E-state index contributed by atoms with van der Waals surface area (Å²) in [6.07, 6.45) is 11.0. The summed E-state index contributed by atoms with van der Waals surface area (Å²) in [6.45, 7) is 9.83. The van der Waals surface area contributed by atoms with Gasteiger partial charge in [-0.3, -0.25) is 15.0 Å². The fourth-order valence-corrected chi connectivity index (χ4v) is 10.4. The summed E-state index contributed by atoms with van der Waals surface area (Å²) in [4.78, 5) is 13.1. The first-order chi connectivity index (χ1) is 23.1. The minimum absolute atomic E-state index is 0.0224. The van der Waals surface area contributed by atoms with Gasteiger partial charge in [-0.1, -0.05) is 52.8 Å². The van der Waals surface area contributed by atoms with E-state index in [9.17, 15) is 25.3 Å². The van der Waals surface area contributed by atoms with Gasteiger partial charge in [0, 0.05) is 76.4 Å². The predicted molar refractivity (Wildman–Crippen MR) is 191 cm³/mol. The summed E-state index contributed by atoms with van der Waals surface area (Å²) < 4.78 is 86.3. The molecule has 1 aliphatic rings. The van der Waals surface area contributed by atoms with Gasteiger partial charge in [0.05, 0.1) is 17.3 Å². The minimum Gasteiger partial charge on any atom is -0.264 e. The molecule has 0 aromatic carbocycles. The molecule has 0 aliphatic carbocycles. The van der Waals surface area contributed by atoms with Gasteiger partial charge in [0.15, 0.2) is 0 Å². The maximum absolute atomic E-state index is 13.8. The van der Waals surface area contributed by atoms with Crippen molar-refractivity contribution in [2.45, 2.75) is 93.1 Å². The van der Waals surface area contributed by atoms with Gasteiger partial charge in [-0.2, -0.15) is 12.9 Å². The summed E-state index contributed by atoms with van der Waals surface area (Å²) in [7, 11) is -11.2. The van der Waals surface area contributed by atoms with Gasteiger partial charge in [0.2, 0.25) is 30.1 Å². The summed E-state index contributed by atoms with van der Waals surface area (Å²) in [5, 5.41) is 0. The lowest BCUT2D eigenvalue weighted by molar-refractivity contribution is 0.388. The van der Waals surface area contributed by atoms with Crippen LogP contribution in [-0.4, -0.2) is 70.4 Å². The van der Waals surface area contributed by atoms with Crippen molar-refractivity contribution in [2.24, 2.45) is 11.8 Å². The first-order valence-corrected chi connectivity index (χ1v) is 21.6. The van der Waals surface area contributed by atoms with E-state index in [0.29, 0.717) is 52.6 Å². The molecule has 0 atom stereocenters. The maximum atomic E-state index is 13.8. The summed E-state index contributed by atoms with van der Waals surface area (Å²) in [5.41, 5.74) is 3.72. The molecule has 4 heterocycles. The van der Waals surface area contributed by atoms with Crippen LogP contribution in [0.3, 0.4) is 0 Å². The Labute approximate surface area is 293 Å². The molecule has 270 valence electrons. The first kappa shape index (κ1) is 39.0. The zero-order chi connectivity index (χ0) is 35.8. The van der Waals surface area contributed by atoms with Crippen molar-refractivity contribution in [3.05, 3.63) is 88.8 Å². The molecule has 0 saturated heterocycles. The molecule has 0 spiro atoms. The third-order valence-corrected chi connectivity index (χ3v) is 13.8. The average molecular weight is 735 g/mol. The maximum Gasteiger partial charge on any atom is 0.214 e. The van der Waals surface area contributed by atoms with Crippen molar-refractivity contribution in [1.82, 2.24) is 27.9 Å². The Morgan fingerprint density at radius 1 is 0.490 bits per heavy atom. The van der Waals surface area contributed by atoms with E-state index in [1.807, 2.05) is 33.8 Å². The molecule has 0 fully saturated rings. The molecule has 1 aliphatic heterocycles. The van der Waals surface area contributed by atoms with Crippen molar-refractivity contribution >= 4 is 30.1 Å². The van der Waals surface area contributed by atoms with Gasteiger partial charge in [-0.25, -0.2) is 25.3 Å². The van der Waals surface area contributed by atoms with Gasteiger partial charge in [-0.15, -0.1) is 0 Å². The molecule has 6 bridgehead atoms. The highest BCUT2D eigenvalue weighted by Crippen LogP contribution is 2.23. The van der Waals surface area contributed by atoms with Crippen LogP contribution in [0, 0.1) is 11.8 Å². The molecule has 4 rings (SSSR count). The standard InChI is InChI=1S/C34H50N6O6S3/c1-6-9-47(41,42)38-21-29-12-31(17-35-15-29)23-39(48(43,44)10-7-27(2)3)25-33-14-34(20-37-19-33)26-40(49(45,46)11-8-28(4)5)24-32-13-30(22-38)16-36-18-32/h12-20,27-28H,6-11,21-26H2,1-5H3. The van der Waals surface area contributed by atoms with Crippen LogP contribution in [0.15, 0.2) is 55.4 Å². The zero-order valence-electron chi connectivity index (χ0n) is 29.2. The van der Waals surface area contributed by atoms with Crippen molar-refractivity contribution in [3.8, 4) is 0 Å². The molecule has 0 unspecified atom stereocenters. The van der Waals surface area contributed by atoms with Crippen LogP contribution in [0.2, 0.25) is 0 Å². The molecule has 3 aromatic heterocycles. The Kier molecular flexibility index (Phi) is 13.5. The number of sulfonamides is 3. The molecule has 0 saturated carbocycles. The lowest BCUT2D eigenvalue weighted by Crippen LogP contribution is -2.34. The average Bonchev–Trinajstić information content (AvgIpc) is 3.02. The van der Waals surface area contributed by atoms with Crippen LogP contribution in [-0.2, 0) is 69.3 Å². The van der Waals surface area contributed by atoms with Crippen molar-refractivity contribution < 1.29 is 25.3 Å². The van der Waals surface area contributed by atoms with Crippen LogP contribution in [0.5, 0.6) is 0 Å². The quantitative estimate of drug-likeness (QED) is 0.274. The number of hydrogen-bond acceptors (Lipinski definition) is 9. The highest BCUT2D eigenvalue weighted by Gasteiger charge is 2.27. The minimum atomic E-state index is -3.73. The lowest BCUT2D eigenvalue weighted by Gasteiger charge is -2.26. The van der Waals surface area contributed by atoms with Crippen LogP contribution < -0.4 is 0 Å². The molecule has 0 radical (unpaired) electrons. The van der Waals surface area contributed by atoms with Crippen LogP contribution in [0.25, 0.3) is 0 Å². The van der Waals surface area contributed by atoms with E-state index in [-0.39, 0.29) is 68.4 Å². The molecule has 0 N–H and O–H groups in total. The van der Waals surface area contributed by atoms with Crippen molar-refractivity contribution in [1.29, 1.82) is 0 Å². The van der Waals surface area contributed by atoms with E-state index in [1.165, 1.54) is 12.9 Å². The number of aromatic nitrogens is 3. The predicted octanol–water partition coefficient (Wildman–Crippen LogP) is 4.68. The highest BCUT2D eigenvalue weighted by atomic mass is 32.2. The Morgan fingerprint density at radius 2 is 0.735 bits per heavy atom. The van der Waals surface area contributed by atoms with Gasteiger partial charge >= 0.3 is 0 Å². The smallest absolute Gasteiger partial charge is 0.214 e.